The van der Waals surface area contributed by atoms with Crippen LogP contribution in [0.2, 0.25) is 5.02 Å². The van der Waals surface area contributed by atoms with Gasteiger partial charge in [0, 0.05) is 5.02 Å². The van der Waals surface area contributed by atoms with Gasteiger partial charge in [0.25, 0.3) is 5.91 Å². The second-order valence-electron chi connectivity index (χ2n) is 8.07. The molecule has 2 aliphatic rings. The number of carbonyl (C=O) groups is 2. The van der Waals surface area contributed by atoms with E-state index in [0.717, 1.165) is 43.8 Å². The van der Waals surface area contributed by atoms with Crippen molar-refractivity contribution in [3.8, 4) is 0 Å². The van der Waals surface area contributed by atoms with Crippen molar-refractivity contribution >= 4 is 29.1 Å². The van der Waals surface area contributed by atoms with Gasteiger partial charge in [-0.15, -0.1) is 0 Å². The van der Waals surface area contributed by atoms with Crippen LogP contribution < -0.4 is 9.80 Å². The van der Waals surface area contributed by atoms with Gasteiger partial charge < -0.3 is 4.90 Å². The molecule has 1 atom stereocenters. The molecule has 2 aromatic carbocycles. The van der Waals surface area contributed by atoms with Crippen molar-refractivity contribution in [2.75, 3.05) is 18.0 Å². The van der Waals surface area contributed by atoms with Gasteiger partial charge in [0.1, 0.15) is 5.82 Å². The third-order valence-electron chi connectivity index (χ3n) is 6.23. The Labute approximate surface area is 175 Å². The number of nitrogens with one attached hydrogen (secondary N) is 1. The highest BCUT2D eigenvalue weighted by molar-refractivity contribution is 6.30. The van der Waals surface area contributed by atoms with Crippen LogP contribution in [0.1, 0.15) is 31.2 Å². The van der Waals surface area contributed by atoms with Gasteiger partial charge in [-0.2, -0.15) is 0 Å². The van der Waals surface area contributed by atoms with Gasteiger partial charge in [-0.05, 0) is 73.6 Å². The van der Waals surface area contributed by atoms with Crippen molar-refractivity contribution in [3.63, 3.8) is 0 Å². The van der Waals surface area contributed by atoms with Crippen LogP contribution in [0.4, 0.5) is 10.1 Å². The number of benzene rings is 2. The predicted octanol–water partition coefficient (Wildman–Crippen LogP) is 3.04. The quantitative estimate of drug-likeness (QED) is 0.763. The number of hydrogen-bond acceptors (Lipinski definition) is 2. The maximum atomic E-state index is 13.2. The van der Waals surface area contributed by atoms with E-state index in [9.17, 15) is 14.0 Å². The first-order valence-corrected chi connectivity index (χ1v) is 10.6. The number of halogens is 2. The molecule has 6 heteroatoms. The second kappa shape index (κ2) is 8.64. The number of likely N-dealkylation sites (tertiary alicyclic amines) is 1. The lowest BCUT2D eigenvalue weighted by atomic mass is 9.90. The molecule has 0 unspecified atom stereocenters. The number of imide groups is 1. The Bertz CT molecular complexity index is 877. The molecule has 0 aliphatic carbocycles. The summed E-state index contributed by atoms with van der Waals surface area (Å²) in [5.74, 6) is -0.0780. The normalized spacial score (nSPS) is 24.9. The molecule has 4 nitrogen and oxygen atoms in total. The van der Waals surface area contributed by atoms with E-state index in [0.29, 0.717) is 11.6 Å². The molecule has 1 N–H and O–H groups in total. The molecule has 0 spiro atoms. The Morgan fingerprint density at radius 2 is 1.66 bits per heavy atom. The molecule has 2 saturated heterocycles. The van der Waals surface area contributed by atoms with Crippen molar-refractivity contribution in [2.45, 2.75) is 38.1 Å². The number of carbonyl (C=O) groups excluding carboxylic acids is 2. The Balaban J connectivity index is 1.31. The van der Waals surface area contributed by atoms with Crippen molar-refractivity contribution < 1.29 is 18.9 Å². The highest BCUT2D eigenvalue weighted by Gasteiger charge is 2.46. The maximum Gasteiger partial charge on any atom is 0.292 e. The summed E-state index contributed by atoms with van der Waals surface area (Å²) in [6.07, 6.45) is 4.54. The number of piperidine rings is 1. The van der Waals surface area contributed by atoms with E-state index in [1.807, 2.05) is 12.1 Å². The molecule has 2 amide bonds. The smallest absolute Gasteiger partial charge is 0.292 e. The summed E-state index contributed by atoms with van der Waals surface area (Å²) in [4.78, 5) is 27.8. The topological polar surface area (TPSA) is 41.8 Å². The van der Waals surface area contributed by atoms with Crippen LogP contribution in [0, 0.1) is 11.7 Å². The van der Waals surface area contributed by atoms with Crippen LogP contribution in [0.5, 0.6) is 0 Å². The average molecular weight is 416 g/mol. The molecular formula is C23H25ClFN2O2+. The van der Waals surface area contributed by atoms with E-state index in [1.54, 1.807) is 0 Å². The van der Waals surface area contributed by atoms with Gasteiger partial charge in [0.15, 0.2) is 6.04 Å². The fraction of sp³-hybridized carbons (Fsp3) is 0.391. The lowest BCUT2D eigenvalue weighted by molar-refractivity contribution is -0.920. The molecule has 2 fully saturated rings. The second-order valence-corrected chi connectivity index (χ2v) is 8.50. The Morgan fingerprint density at radius 3 is 2.31 bits per heavy atom. The van der Waals surface area contributed by atoms with E-state index < -0.39 is 0 Å². The van der Waals surface area contributed by atoms with Crippen molar-refractivity contribution in [1.82, 2.24) is 0 Å². The van der Waals surface area contributed by atoms with Gasteiger partial charge in [-0.3, -0.25) is 9.59 Å². The molecule has 4 rings (SSSR count). The van der Waals surface area contributed by atoms with Crippen LogP contribution in [0.3, 0.4) is 0 Å². The third-order valence-corrected chi connectivity index (χ3v) is 6.48. The number of amides is 2. The highest BCUT2D eigenvalue weighted by Crippen LogP contribution is 2.24. The molecule has 2 aromatic rings. The Kier molecular flexibility index (Phi) is 5.97. The molecule has 29 heavy (non-hydrogen) atoms. The van der Waals surface area contributed by atoms with Crippen LogP contribution in [0.15, 0.2) is 48.5 Å². The molecule has 2 aliphatic heterocycles. The summed E-state index contributed by atoms with van der Waals surface area (Å²) in [6, 6.07) is 13.2. The van der Waals surface area contributed by atoms with E-state index in [-0.39, 0.29) is 30.1 Å². The number of nitrogens with zero attached hydrogens (tertiary/aromatic N) is 1. The van der Waals surface area contributed by atoms with E-state index in [1.165, 1.54) is 39.6 Å². The van der Waals surface area contributed by atoms with Gasteiger partial charge in [0.05, 0.1) is 25.2 Å². The zero-order valence-corrected chi connectivity index (χ0v) is 17.0. The lowest BCUT2D eigenvalue weighted by Crippen LogP contribution is -3.17. The predicted molar refractivity (Wildman–Crippen MR) is 110 cm³/mol. The SMILES string of the molecule is O=C1C[C@@H]([NH+]2CCC(CCc3ccc(Cl)cc3)CC2)C(=O)N1c1ccc(F)cc1. The van der Waals surface area contributed by atoms with Crippen molar-refractivity contribution in [2.24, 2.45) is 5.92 Å². The van der Waals surface area contributed by atoms with E-state index in [4.69, 9.17) is 11.6 Å². The molecule has 152 valence electrons. The molecule has 0 saturated carbocycles. The minimum atomic E-state index is -0.379. The van der Waals surface area contributed by atoms with E-state index >= 15 is 0 Å². The average Bonchev–Trinajstić information content (AvgIpc) is 3.03. The van der Waals surface area contributed by atoms with Crippen LogP contribution in [-0.2, 0) is 16.0 Å². The first kappa shape index (κ1) is 20.0. The summed E-state index contributed by atoms with van der Waals surface area (Å²) >= 11 is 5.94. The summed E-state index contributed by atoms with van der Waals surface area (Å²) in [6.45, 7) is 1.82. The summed E-state index contributed by atoms with van der Waals surface area (Å²) < 4.78 is 13.2. The number of hydrogen-bond donors (Lipinski definition) is 1. The summed E-state index contributed by atoms with van der Waals surface area (Å²) in [5.41, 5.74) is 1.76. The number of quaternary nitrogens is 1. The Hall–Kier alpha value is -2.24. The molecule has 0 aromatic heterocycles. The lowest BCUT2D eigenvalue weighted by Gasteiger charge is -2.32. The summed E-state index contributed by atoms with van der Waals surface area (Å²) in [5, 5.41) is 0.760. The monoisotopic (exact) mass is 415 g/mol. The minimum absolute atomic E-state index is 0.156. The van der Waals surface area contributed by atoms with Crippen LogP contribution >= 0.6 is 11.6 Å². The fourth-order valence-electron chi connectivity index (χ4n) is 4.52. The minimum Gasteiger partial charge on any atom is -0.324 e. The number of rotatable bonds is 5. The third kappa shape index (κ3) is 4.51. The number of anilines is 1. The molecular weight excluding hydrogens is 391 g/mol. The zero-order chi connectivity index (χ0) is 20.4. The largest absolute Gasteiger partial charge is 0.324 e. The van der Waals surface area contributed by atoms with Gasteiger partial charge in [-0.1, -0.05) is 23.7 Å². The fourth-order valence-corrected chi connectivity index (χ4v) is 4.65. The molecule has 0 bridgehead atoms. The zero-order valence-electron chi connectivity index (χ0n) is 16.2. The summed E-state index contributed by atoms with van der Waals surface area (Å²) in [7, 11) is 0. The first-order valence-electron chi connectivity index (χ1n) is 10.2. The molecule has 0 radical (unpaired) electrons. The maximum absolute atomic E-state index is 13.2. The molecule has 2 heterocycles. The van der Waals surface area contributed by atoms with Gasteiger partial charge >= 0.3 is 0 Å². The standard InChI is InChI=1S/C23H24ClFN2O2/c24-18-5-3-16(4-6-18)1-2-17-11-13-26(14-12-17)21-15-22(28)27(23(21)29)20-9-7-19(25)8-10-20/h3-10,17,21H,1-2,11-15H2/p+1/t21-/m1/s1. The van der Waals surface area contributed by atoms with Crippen LogP contribution in [-0.4, -0.2) is 30.9 Å². The number of aryl methyl sites for hydroxylation is 1. The van der Waals surface area contributed by atoms with Crippen molar-refractivity contribution in [3.05, 3.63) is 64.9 Å². The highest BCUT2D eigenvalue weighted by atomic mass is 35.5. The van der Waals surface area contributed by atoms with Crippen LogP contribution in [0.25, 0.3) is 0 Å². The first-order chi connectivity index (χ1) is 14.0. The van der Waals surface area contributed by atoms with Crippen molar-refractivity contribution in [1.29, 1.82) is 0 Å². The van der Waals surface area contributed by atoms with Gasteiger partial charge in [-0.25, -0.2) is 9.29 Å². The van der Waals surface area contributed by atoms with E-state index in [2.05, 4.69) is 12.1 Å². The van der Waals surface area contributed by atoms with Gasteiger partial charge in [0.2, 0.25) is 5.91 Å². The Morgan fingerprint density at radius 1 is 1.00 bits per heavy atom.